The molecular weight excluding hydrogens is 232 g/mol. The smallest absolute Gasteiger partial charge is 0.265 e. The van der Waals surface area contributed by atoms with E-state index in [0.717, 1.165) is 27.4 Å². The van der Waals surface area contributed by atoms with Crippen LogP contribution in [0.1, 0.15) is 20.8 Å². The van der Waals surface area contributed by atoms with Crippen molar-refractivity contribution < 1.29 is 4.79 Å². The Labute approximate surface area is 104 Å². The predicted octanol–water partition coefficient (Wildman–Crippen LogP) is 3.20. The number of carbonyl (C=O) groups is 1. The maximum Gasteiger partial charge on any atom is 0.265 e. The molecule has 0 saturated carbocycles. The van der Waals surface area contributed by atoms with Crippen LogP contribution in [-0.4, -0.2) is 5.91 Å². The van der Waals surface area contributed by atoms with Crippen molar-refractivity contribution in [3.8, 4) is 0 Å². The molecule has 1 aromatic carbocycles. The van der Waals surface area contributed by atoms with E-state index < -0.39 is 0 Å². The summed E-state index contributed by atoms with van der Waals surface area (Å²) in [4.78, 5) is 12.7. The lowest BCUT2D eigenvalue weighted by molar-refractivity contribution is 0.103. The number of hydrogen-bond acceptors (Lipinski definition) is 3. The lowest BCUT2D eigenvalue weighted by Gasteiger charge is -2.07. The predicted molar refractivity (Wildman–Crippen MR) is 72.6 cm³/mol. The number of benzene rings is 1. The van der Waals surface area contributed by atoms with Gasteiger partial charge in [0.05, 0.1) is 4.88 Å². The highest BCUT2D eigenvalue weighted by atomic mass is 32.1. The van der Waals surface area contributed by atoms with Crippen molar-refractivity contribution in [1.82, 2.24) is 0 Å². The monoisotopic (exact) mass is 246 g/mol. The second-order valence-corrected chi connectivity index (χ2v) is 4.87. The summed E-state index contributed by atoms with van der Waals surface area (Å²) in [5, 5.41) is 4.78. The van der Waals surface area contributed by atoms with Gasteiger partial charge < -0.3 is 11.1 Å². The van der Waals surface area contributed by atoms with Gasteiger partial charge in [0, 0.05) is 11.4 Å². The fraction of sp³-hybridized carbons (Fsp3) is 0.154. The summed E-state index contributed by atoms with van der Waals surface area (Å²) in [6.45, 7) is 3.85. The Hall–Kier alpha value is -1.81. The van der Waals surface area contributed by atoms with Gasteiger partial charge in [-0.2, -0.15) is 0 Å². The summed E-state index contributed by atoms with van der Waals surface area (Å²) < 4.78 is 0. The second kappa shape index (κ2) is 4.59. The highest BCUT2D eigenvalue weighted by Gasteiger charge is 2.10. The van der Waals surface area contributed by atoms with Gasteiger partial charge in [-0.25, -0.2) is 0 Å². The minimum atomic E-state index is -0.0679. The first-order valence-corrected chi connectivity index (χ1v) is 6.17. The van der Waals surface area contributed by atoms with Gasteiger partial charge in [0.15, 0.2) is 0 Å². The Morgan fingerprint density at radius 3 is 2.59 bits per heavy atom. The Morgan fingerprint density at radius 1 is 1.24 bits per heavy atom. The number of anilines is 2. The van der Waals surface area contributed by atoms with Crippen LogP contribution in [0.25, 0.3) is 0 Å². The van der Waals surface area contributed by atoms with Gasteiger partial charge in [-0.3, -0.25) is 4.79 Å². The van der Waals surface area contributed by atoms with Gasteiger partial charge in [0.25, 0.3) is 5.91 Å². The molecule has 0 fully saturated rings. The number of nitrogens with one attached hydrogen (secondary N) is 1. The number of carbonyl (C=O) groups excluding carboxylic acids is 1. The maximum atomic E-state index is 12.0. The second-order valence-electron chi connectivity index (χ2n) is 3.96. The normalized spacial score (nSPS) is 10.2. The molecule has 0 aliphatic rings. The Kier molecular flexibility index (Phi) is 3.15. The summed E-state index contributed by atoms with van der Waals surface area (Å²) in [5.74, 6) is -0.0679. The van der Waals surface area contributed by atoms with Gasteiger partial charge in [-0.05, 0) is 54.6 Å². The number of rotatable bonds is 2. The number of amides is 1. The van der Waals surface area contributed by atoms with Gasteiger partial charge in [-0.15, -0.1) is 11.3 Å². The molecule has 1 amide bonds. The highest BCUT2D eigenvalue weighted by Crippen LogP contribution is 2.20. The molecule has 0 spiro atoms. The molecule has 1 aromatic heterocycles. The first-order valence-electron chi connectivity index (χ1n) is 5.29. The van der Waals surface area contributed by atoms with Crippen molar-refractivity contribution in [3.63, 3.8) is 0 Å². The first kappa shape index (κ1) is 11.7. The molecule has 0 radical (unpaired) electrons. The fourth-order valence-electron chi connectivity index (χ4n) is 1.55. The summed E-state index contributed by atoms with van der Waals surface area (Å²) in [6, 6.07) is 7.42. The largest absolute Gasteiger partial charge is 0.399 e. The van der Waals surface area contributed by atoms with Crippen LogP contribution < -0.4 is 11.1 Å². The fourth-order valence-corrected chi connectivity index (χ4v) is 2.37. The zero-order valence-corrected chi connectivity index (χ0v) is 10.6. The molecule has 2 rings (SSSR count). The minimum Gasteiger partial charge on any atom is -0.399 e. The van der Waals surface area contributed by atoms with Crippen LogP contribution in [0.2, 0.25) is 0 Å². The van der Waals surface area contributed by atoms with Crippen LogP contribution >= 0.6 is 11.3 Å². The molecule has 0 atom stereocenters. The Morgan fingerprint density at radius 2 is 2.00 bits per heavy atom. The van der Waals surface area contributed by atoms with Crippen LogP contribution in [0.4, 0.5) is 11.4 Å². The summed E-state index contributed by atoms with van der Waals surface area (Å²) in [5.41, 5.74) is 9.20. The van der Waals surface area contributed by atoms with E-state index in [1.54, 1.807) is 6.07 Å². The summed E-state index contributed by atoms with van der Waals surface area (Å²) >= 11 is 1.45. The average molecular weight is 246 g/mol. The Bertz CT molecular complexity index is 560. The topological polar surface area (TPSA) is 55.1 Å². The van der Waals surface area contributed by atoms with Crippen molar-refractivity contribution >= 4 is 28.6 Å². The van der Waals surface area contributed by atoms with Crippen LogP contribution in [0, 0.1) is 13.8 Å². The number of aryl methyl sites for hydroxylation is 2. The molecule has 3 nitrogen and oxygen atoms in total. The molecule has 2 aromatic rings. The van der Waals surface area contributed by atoms with E-state index in [2.05, 4.69) is 5.32 Å². The highest BCUT2D eigenvalue weighted by molar-refractivity contribution is 7.12. The van der Waals surface area contributed by atoms with Crippen molar-refractivity contribution in [2.45, 2.75) is 13.8 Å². The molecule has 17 heavy (non-hydrogen) atoms. The molecule has 0 aliphatic heterocycles. The van der Waals surface area contributed by atoms with E-state index in [1.165, 1.54) is 11.3 Å². The van der Waals surface area contributed by atoms with E-state index in [1.807, 2.05) is 37.4 Å². The van der Waals surface area contributed by atoms with Gasteiger partial charge in [0.1, 0.15) is 0 Å². The lowest BCUT2D eigenvalue weighted by Crippen LogP contribution is -2.11. The van der Waals surface area contributed by atoms with Crippen LogP contribution in [-0.2, 0) is 0 Å². The van der Waals surface area contributed by atoms with Gasteiger partial charge in [-0.1, -0.05) is 0 Å². The van der Waals surface area contributed by atoms with Crippen LogP contribution in [0.5, 0.6) is 0 Å². The van der Waals surface area contributed by atoms with Crippen molar-refractivity contribution in [2.75, 3.05) is 11.1 Å². The third-order valence-corrected chi connectivity index (χ3v) is 3.61. The molecule has 0 saturated heterocycles. The quantitative estimate of drug-likeness (QED) is 0.799. The Balaban J connectivity index is 2.19. The average Bonchev–Trinajstić information content (AvgIpc) is 2.70. The number of hydrogen-bond donors (Lipinski definition) is 2. The molecule has 0 bridgehead atoms. The molecule has 1 heterocycles. The van der Waals surface area contributed by atoms with E-state index in [9.17, 15) is 4.79 Å². The minimum absolute atomic E-state index is 0.0679. The number of nitrogen functional groups attached to an aromatic ring is 1. The van der Waals surface area contributed by atoms with Crippen molar-refractivity contribution in [2.24, 2.45) is 0 Å². The summed E-state index contributed by atoms with van der Waals surface area (Å²) in [7, 11) is 0. The van der Waals surface area contributed by atoms with Gasteiger partial charge in [0.2, 0.25) is 0 Å². The van der Waals surface area contributed by atoms with E-state index in [-0.39, 0.29) is 5.91 Å². The molecular formula is C13H14N2OS. The molecule has 3 N–H and O–H groups in total. The molecule has 0 unspecified atom stereocenters. The third kappa shape index (κ3) is 2.47. The SMILES string of the molecule is Cc1cc(NC(=O)c2sccc2C)ccc1N. The van der Waals surface area contributed by atoms with E-state index >= 15 is 0 Å². The van der Waals surface area contributed by atoms with Crippen LogP contribution in [0.3, 0.4) is 0 Å². The zero-order chi connectivity index (χ0) is 12.4. The zero-order valence-electron chi connectivity index (χ0n) is 9.78. The third-order valence-electron chi connectivity index (χ3n) is 2.60. The van der Waals surface area contributed by atoms with E-state index in [4.69, 9.17) is 5.73 Å². The molecule has 4 heteroatoms. The van der Waals surface area contributed by atoms with Crippen molar-refractivity contribution in [3.05, 3.63) is 45.6 Å². The molecule has 88 valence electrons. The summed E-state index contributed by atoms with van der Waals surface area (Å²) in [6.07, 6.45) is 0. The standard InChI is InChI=1S/C13H14N2OS/c1-8-5-6-17-12(8)13(16)15-10-3-4-11(14)9(2)7-10/h3-7H,14H2,1-2H3,(H,15,16). The first-order chi connectivity index (χ1) is 8.08. The lowest BCUT2D eigenvalue weighted by atomic mass is 10.2. The van der Waals surface area contributed by atoms with E-state index in [0.29, 0.717) is 0 Å². The maximum absolute atomic E-state index is 12.0. The molecule has 0 aliphatic carbocycles. The van der Waals surface area contributed by atoms with Crippen LogP contribution in [0.15, 0.2) is 29.6 Å². The number of thiophene rings is 1. The van der Waals surface area contributed by atoms with Crippen molar-refractivity contribution in [1.29, 1.82) is 0 Å². The number of nitrogens with two attached hydrogens (primary N) is 1. The van der Waals surface area contributed by atoms with Gasteiger partial charge >= 0.3 is 0 Å².